The summed E-state index contributed by atoms with van der Waals surface area (Å²) in [6, 6.07) is 7.23. The van der Waals surface area contributed by atoms with Gasteiger partial charge in [0.15, 0.2) is 0 Å². The van der Waals surface area contributed by atoms with E-state index in [1.54, 1.807) is 0 Å². The van der Waals surface area contributed by atoms with Crippen molar-refractivity contribution < 1.29 is 14.4 Å². The van der Waals surface area contributed by atoms with Crippen molar-refractivity contribution in [2.45, 2.75) is 51.0 Å². The van der Waals surface area contributed by atoms with Crippen LogP contribution in [-0.4, -0.2) is 47.9 Å². The van der Waals surface area contributed by atoms with Gasteiger partial charge < -0.3 is 15.5 Å². The van der Waals surface area contributed by atoms with Gasteiger partial charge in [0.1, 0.15) is 12.1 Å². The van der Waals surface area contributed by atoms with Crippen molar-refractivity contribution in [1.82, 2.24) is 10.2 Å². The van der Waals surface area contributed by atoms with Crippen molar-refractivity contribution in [2.24, 2.45) is 5.92 Å². The van der Waals surface area contributed by atoms with Crippen molar-refractivity contribution in [2.75, 3.05) is 29.9 Å². The van der Waals surface area contributed by atoms with E-state index in [2.05, 4.69) is 15.5 Å². The SMILES string of the molecule is C[C@@H]1CCCC[C@@]12NC(=O)N(CC(=O)Nc1ccccc1N1CCCC1)C2=O. The fraction of sp³-hybridized carbons (Fsp3) is 0.571. The number of carbonyl (C=O) groups excluding carboxylic acids is 3. The van der Waals surface area contributed by atoms with E-state index in [4.69, 9.17) is 0 Å². The molecule has 3 fully saturated rings. The first-order valence-corrected chi connectivity index (χ1v) is 10.3. The third-order valence-corrected chi connectivity index (χ3v) is 6.43. The number of nitrogens with one attached hydrogen (secondary N) is 2. The summed E-state index contributed by atoms with van der Waals surface area (Å²) in [5.41, 5.74) is 0.883. The minimum Gasteiger partial charge on any atom is -0.370 e. The summed E-state index contributed by atoms with van der Waals surface area (Å²) in [6.07, 6.45) is 5.83. The molecule has 7 nitrogen and oxygen atoms in total. The van der Waals surface area contributed by atoms with Gasteiger partial charge in [0.05, 0.1) is 11.4 Å². The number of urea groups is 1. The highest BCUT2D eigenvalue weighted by Crippen LogP contribution is 2.38. The molecule has 2 N–H and O–H groups in total. The summed E-state index contributed by atoms with van der Waals surface area (Å²) < 4.78 is 0. The van der Waals surface area contributed by atoms with E-state index < -0.39 is 11.6 Å². The van der Waals surface area contributed by atoms with E-state index in [-0.39, 0.29) is 24.3 Å². The van der Waals surface area contributed by atoms with Crippen molar-refractivity contribution >= 4 is 29.2 Å². The van der Waals surface area contributed by atoms with Crippen LogP contribution in [0.25, 0.3) is 0 Å². The molecule has 0 aromatic heterocycles. The predicted octanol–water partition coefficient (Wildman–Crippen LogP) is 2.73. The zero-order valence-corrected chi connectivity index (χ0v) is 16.4. The van der Waals surface area contributed by atoms with Crippen LogP contribution in [0, 0.1) is 5.92 Å². The summed E-state index contributed by atoms with van der Waals surface area (Å²) in [7, 11) is 0. The second-order valence-corrected chi connectivity index (χ2v) is 8.20. The number of para-hydroxylation sites is 2. The van der Waals surface area contributed by atoms with E-state index in [0.717, 1.165) is 61.5 Å². The van der Waals surface area contributed by atoms with E-state index in [0.29, 0.717) is 6.42 Å². The number of hydrogen-bond acceptors (Lipinski definition) is 4. The Morgan fingerprint density at radius 2 is 1.93 bits per heavy atom. The normalized spacial score (nSPS) is 27.4. The van der Waals surface area contributed by atoms with E-state index >= 15 is 0 Å². The molecule has 2 heterocycles. The van der Waals surface area contributed by atoms with Gasteiger partial charge in [-0.3, -0.25) is 14.5 Å². The smallest absolute Gasteiger partial charge is 0.325 e. The highest BCUT2D eigenvalue weighted by Gasteiger charge is 2.55. The Morgan fingerprint density at radius 3 is 2.68 bits per heavy atom. The highest BCUT2D eigenvalue weighted by atomic mass is 16.2. The number of benzene rings is 1. The molecule has 1 aromatic rings. The molecule has 2 saturated heterocycles. The standard InChI is InChI=1S/C21H28N4O3/c1-15-8-4-5-11-21(15)19(27)25(20(28)23-21)14-18(26)22-16-9-2-3-10-17(16)24-12-6-7-13-24/h2-3,9-10,15H,4-8,11-14H2,1H3,(H,22,26)(H,23,28)/t15-,21-/m1/s1. The molecule has 150 valence electrons. The van der Waals surface area contributed by atoms with Crippen LogP contribution in [0.2, 0.25) is 0 Å². The number of rotatable bonds is 4. The molecule has 1 aromatic carbocycles. The van der Waals surface area contributed by atoms with Crippen molar-refractivity contribution in [3.05, 3.63) is 24.3 Å². The summed E-state index contributed by atoms with van der Waals surface area (Å²) >= 11 is 0. The number of nitrogens with zero attached hydrogens (tertiary/aromatic N) is 2. The van der Waals surface area contributed by atoms with Gasteiger partial charge in [-0.05, 0) is 43.7 Å². The number of amides is 4. The average molecular weight is 384 g/mol. The second kappa shape index (κ2) is 7.45. The zero-order chi connectivity index (χ0) is 19.7. The number of imide groups is 1. The van der Waals surface area contributed by atoms with E-state index in [1.165, 1.54) is 0 Å². The molecule has 1 aliphatic carbocycles. The third kappa shape index (κ3) is 3.23. The van der Waals surface area contributed by atoms with Gasteiger partial charge in [-0.2, -0.15) is 0 Å². The van der Waals surface area contributed by atoms with Crippen LogP contribution in [0.4, 0.5) is 16.2 Å². The van der Waals surface area contributed by atoms with Crippen LogP contribution in [-0.2, 0) is 9.59 Å². The average Bonchev–Trinajstić information content (AvgIpc) is 3.29. The quantitative estimate of drug-likeness (QED) is 0.782. The first-order chi connectivity index (χ1) is 13.5. The fourth-order valence-corrected chi connectivity index (χ4v) is 4.79. The van der Waals surface area contributed by atoms with Gasteiger partial charge in [-0.15, -0.1) is 0 Å². The first kappa shape index (κ1) is 18.8. The van der Waals surface area contributed by atoms with Gasteiger partial charge in [-0.25, -0.2) is 4.79 Å². The lowest BCUT2D eigenvalue weighted by molar-refractivity contribution is -0.136. The predicted molar refractivity (Wildman–Crippen MR) is 107 cm³/mol. The first-order valence-electron chi connectivity index (χ1n) is 10.3. The van der Waals surface area contributed by atoms with Crippen LogP contribution in [0.15, 0.2) is 24.3 Å². The minimum absolute atomic E-state index is 0.0849. The van der Waals surface area contributed by atoms with Crippen LogP contribution < -0.4 is 15.5 Å². The molecule has 28 heavy (non-hydrogen) atoms. The Hall–Kier alpha value is -2.57. The topological polar surface area (TPSA) is 81.8 Å². The summed E-state index contributed by atoms with van der Waals surface area (Å²) in [5.74, 6) is -0.523. The zero-order valence-electron chi connectivity index (χ0n) is 16.4. The molecule has 7 heteroatoms. The third-order valence-electron chi connectivity index (χ3n) is 6.43. The van der Waals surface area contributed by atoms with Gasteiger partial charge in [-0.1, -0.05) is 31.9 Å². The van der Waals surface area contributed by atoms with Crippen LogP contribution in [0.5, 0.6) is 0 Å². The van der Waals surface area contributed by atoms with Gasteiger partial charge in [0.2, 0.25) is 5.91 Å². The maximum atomic E-state index is 13.0. The van der Waals surface area contributed by atoms with E-state index in [1.807, 2.05) is 31.2 Å². The minimum atomic E-state index is -0.830. The summed E-state index contributed by atoms with van der Waals surface area (Å²) in [6.45, 7) is 3.70. The van der Waals surface area contributed by atoms with Crippen molar-refractivity contribution in [3.63, 3.8) is 0 Å². The molecule has 4 amide bonds. The van der Waals surface area contributed by atoms with Crippen LogP contribution >= 0.6 is 0 Å². The Labute approximate surface area is 165 Å². The molecule has 4 rings (SSSR count). The summed E-state index contributed by atoms with van der Waals surface area (Å²) in [4.78, 5) is 41.5. The maximum absolute atomic E-state index is 13.0. The molecule has 0 bridgehead atoms. The molecule has 2 aliphatic heterocycles. The monoisotopic (exact) mass is 384 g/mol. The lowest BCUT2D eigenvalue weighted by Crippen LogP contribution is -2.54. The number of anilines is 2. The van der Waals surface area contributed by atoms with Gasteiger partial charge in [0, 0.05) is 13.1 Å². The number of carbonyl (C=O) groups is 3. The molecule has 0 radical (unpaired) electrons. The number of hydrogen-bond donors (Lipinski definition) is 2. The lowest BCUT2D eigenvalue weighted by Gasteiger charge is -2.36. The molecule has 1 spiro atoms. The lowest BCUT2D eigenvalue weighted by atomic mass is 9.73. The molecule has 3 aliphatic rings. The summed E-state index contributed by atoms with van der Waals surface area (Å²) in [5, 5.41) is 5.80. The molecular weight excluding hydrogens is 356 g/mol. The Bertz CT molecular complexity index is 790. The van der Waals surface area contributed by atoms with Gasteiger partial charge in [0.25, 0.3) is 5.91 Å². The Morgan fingerprint density at radius 1 is 1.18 bits per heavy atom. The van der Waals surface area contributed by atoms with Crippen molar-refractivity contribution in [1.29, 1.82) is 0 Å². The van der Waals surface area contributed by atoms with E-state index in [9.17, 15) is 14.4 Å². The fourth-order valence-electron chi connectivity index (χ4n) is 4.79. The second-order valence-electron chi connectivity index (χ2n) is 8.20. The van der Waals surface area contributed by atoms with Crippen molar-refractivity contribution in [3.8, 4) is 0 Å². The molecule has 1 saturated carbocycles. The molecule has 2 atom stereocenters. The van der Waals surface area contributed by atoms with Gasteiger partial charge >= 0.3 is 6.03 Å². The van der Waals surface area contributed by atoms with Crippen LogP contribution in [0.3, 0.4) is 0 Å². The Balaban J connectivity index is 1.46. The Kier molecular flexibility index (Phi) is 5.00. The van der Waals surface area contributed by atoms with Crippen LogP contribution in [0.1, 0.15) is 45.4 Å². The molecule has 0 unspecified atom stereocenters. The highest BCUT2D eigenvalue weighted by molar-refractivity contribution is 6.10. The maximum Gasteiger partial charge on any atom is 0.325 e. The molecular formula is C21H28N4O3. The largest absolute Gasteiger partial charge is 0.370 e.